The lowest BCUT2D eigenvalue weighted by Gasteiger charge is -2.29. The van der Waals surface area contributed by atoms with E-state index in [4.69, 9.17) is 23.9 Å². The molecule has 0 spiro atoms. The lowest BCUT2D eigenvalue weighted by Crippen LogP contribution is -2.51. The number of H-pyrrole nitrogens is 2. The summed E-state index contributed by atoms with van der Waals surface area (Å²) in [7, 11) is 2.58. The zero-order chi connectivity index (χ0) is 42.7. The van der Waals surface area contributed by atoms with Gasteiger partial charge in [-0.05, 0) is 96.2 Å². The van der Waals surface area contributed by atoms with Gasteiger partial charge < -0.3 is 44.3 Å². The molecular formula is C46H50N8O7. The van der Waals surface area contributed by atoms with Gasteiger partial charge in [0.1, 0.15) is 34.9 Å². The Hall–Kier alpha value is -6.64. The lowest BCUT2D eigenvalue weighted by atomic mass is 9.92. The van der Waals surface area contributed by atoms with Crippen molar-refractivity contribution in [1.29, 1.82) is 0 Å². The number of likely N-dealkylation sites (tertiary alicyclic amines) is 2. The van der Waals surface area contributed by atoms with Gasteiger partial charge >= 0.3 is 12.2 Å². The second kappa shape index (κ2) is 15.8. The molecular weight excluding hydrogens is 777 g/mol. The van der Waals surface area contributed by atoms with Crippen molar-refractivity contribution in [2.45, 2.75) is 77.5 Å². The molecule has 4 atom stereocenters. The first-order valence-electron chi connectivity index (χ1n) is 21.0. The van der Waals surface area contributed by atoms with Gasteiger partial charge in [-0.2, -0.15) is 0 Å². The molecule has 316 valence electrons. The Balaban J connectivity index is 1.01. The minimum atomic E-state index is -0.711. The second-order valence-electron chi connectivity index (χ2n) is 16.9. The molecule has 9 rings (SSSR count). The number of nitrogens with zero attached hydrogens (tertiary/aromatic N) is 4. The first kappa shape index (κ1) is 39.8. The van der Waals surface area contributed by atoms with Crippen molar-refractivity contribution in [3.63, 3.8) is 0 Å². The number of fused-ring (bicyclic) bond motifs is 7. The Morgan fingerprint density at radius 3 is 1.48 bits per heavy atom. The summed E-state index contributed by atoms with van der Waals surface area (Å²) < 4.78 is 15.9. The summed E-state index contributed by atoms with van der Waals surface area (Å²) in [5.41, 5.74) is 8.95. The number of imidazole rings is 2. The molecule has 0 aliphatic carbocycles. The number of nitrogens with one attached hydrogen (secondary N) is 4. The summed E-state index contributed by atoms with van der Waals surface area (Å²) in [4.78, 5) is 72.3. The van der Waals surface area contributed by atoms with Crippen LogP contribution in [0.15, 0.2) is 65.1 Å². The van der Waals surface area contributed by atoms with Gasteiger partial charge in [0.05, 0.1) is 48.4 Å². The van der Waals surface area contributed by atoms with Crippen molar-refractivity contribution < 1.29 is 33.1 Å². The number of rotatable bonds is 10. The second-order valence-corrected chi connectivity index (χ2v) is 16.9. The normalized spacial score (nSPS) is 18.0. The van der Waals surface area contributed by atoms with Crippen molar-refractivity contribution in [1.82, 2.24) is 40.4 Å². The summed E-state index contributed by atoms with van der Waals surface area (Å²) in [6.07, 6.45) is 1.92. The molecule has 6 heterocycles. The number of hydrogen-bond donors (Lipinski definition) is 4. The van der Waals surface area contributed by atoms with Gasteiger partial charge in [0.15, 0.2) is 0 Å². The van der Waals surface area contributed by atoms with E-state index in [2.05, 4.69) is 57.0 Å². The molecule has 4 amide bonds. The Kier molecular flexibility index (Phi) is 10.3. The predicted octanol–water partition coefficient (Wildman–Crippen LogP) is 8.20. The number of aromatic amines is 2. The van der Waals surface area contributed by atoms with Crippen molar-refractivity contribution in [3.05, 3.63) is 72.3 Å². The number of carbonyl (C=O) groups is 4. The zero-order valence-electron chi connectivity index (χ0n) is 35.1. The highest BCUT2D eigenvalue weighted by molar-refractivity contribution is 6.20. The van der Waals surface area contributed by atoms with Crippen LogP contribution in [0.25, 0.3) is 66.3 Å². The summed E-state index contributed by atoms with van der Waals surface area (Å²) in [5.74, 6) is 0.884. The van der Waals surface area contributed by atoms with Gasteiger partial charge in [0, 0.05) is 23.9 Å². The van der Waals surface area contributed by atoms with Gasteiger partial charge in [-0.25, -0.2) is 19.6 Å². The molecule has 0 saturated carbocycles. The van der Waals surface area contributed by atoms with Crippen LogP contribution in [0.1, 0.15) is 77.1 Å². The number of carbonyl (C=O) groups excluding carboxylic acids is 4. The van der Waals surface area contributed by atoms with E-state index in [1.807, 2.05) is 61.8 Å². The van der Waals surface area contributed by atoms with E-state index in [-0.39, 0.29) is 35.7 Å². The zero-order valence-corrected chi connectivity index (χ0v) is 35.1. The van der Waals surface area contributed by atoms with Crippen LogP contribution in [0.4, 0.5) is 9.59 Å². The van der Waals surface area contributed by atoms with Gasteiger partial charge in [-0.3, -0.25) is 9.59 Å². The molecule has 15 nitrogen and oxygen atoms in total. The maximum atomic E-state index is 13.8. The molecule has 15 heteroatoms. The standard InChI is InChI=1S/C46H50N8O7/c1-23(2)39(51-45(57)59-5)43(55)53-19-7-9-33(53)41-47-29-15-11-25(21-31(29)49-41)27-13-14-28(38-36-18-17-35(61-36)37(27)38)26-12-16-30-32(22-26)50-42(48-30)34-10-8-20-54(34)44(56)40(24(3)4)52-46(58)60-6/h11-18,21-24,33-34,39-40H,7-10,19-20H2,1-6H3,(H,47,49)(H,48,50)(H,51,57)(H,52,58). The number of methoxy groups -OCH3 is 2. The molecule has 2 aliphatic heterocycles. The Morgan fingerprint density at radius 2 is 1.08 bits per heavy atom. The van der Waals surface area contributed by atoms with Crippen molar-refractivity contribution in [2.75, 3.05) is 27.3 Å². The summed E-state index contributed by atoms with van der Waals surface area (Å²) in [5, 5.41) is 7.47. The SMILES string of the molecule is COC(=O)NC(C(=O)N1CCCC1c1nc2ccc(-c3ccc(-c4ccc5nc(C6CCCN6C(=O)C(NC(=O)OC)C(C)C)[nH]c5c4)c4c5ccc(o5)c34)cc2[nH]1)C(C)C. The molecule has 2 saturated heterocycles. The van der Waals surface area contributed by atoms with Crippen LogP contribution in [0.3, 0.4) is 0 Å². The van der Waals surface area contributed by atoms with E-state index in [0.717, 1.165) is 91.9 Å². The first-order chi connectivity index (χ1) is 29.4. The third-order valence-electron chi connectivity index (χ3n) is 12.4. The average Bonchev–Trinajstić information content (AvgIpc) is 4.12. The molecule has 61 heavy (non-hydrogen) atoms. The topological polar surface area (TPSA) is 188 Å². The number of aromatic nitrogens is 4. The van der Waals surface area contributed by atoms with Crippen LogP contribution < -0.4 is 10.6 Å². The first-order valence-corrected chi connectivity index (χ1v) is 21.0. The fourth-order valence-electron chi connectivity index (χ4n) is 9.30. The number of amides is 4. The lowest BCUT2D eigenvalue weighted by molar-refractivity contribution is -0.136. The molecule has 0 radical (unpaired) electrons. The third-order valence-corrected chi connectivity index (χ3v) is 12.4. The molecule has 4 unspecified atom stereocenters. The average molecular weight is 827 g/mol. The molecule has 4 N–H and O–H groups in total. The van der Waals surface area contributed by atoms with E-state index >= 15 is 0 Å². The summed E-state index contributed by atoms with van der Waals surface area (Å²) >= 11 is 0. The minimum Gasteiger partial charge on any atom is -0.456 e. The molecule has 4 aromatic heterocycles. The van der Waals surface area contributed by atoms with E-state index < -0.39 is 24.3 Å². The van der Waals surface area contributed by atoms with Crippen molar-refractivity contribution in [3.8, 4) is 22.3 Å². The van der Waals surface area contributed by atoms with Gasteiger partial charge in [0.25, 0.3) is 0 Å². The van der Waals surface area contributed by atoms with Gasteiger partial charge in [-0.15, -0.1) is 0 Å². The maximum Gasteiger partial charge on any atom is 0.407 e. The monoisotopic (exact) mass is 826 g/mol. The molecule has 7 aromatic rings. The van der Waals surface area contributed by atoms with Crippen LogP contribution in [0.5, 0.6) is 0 Å². The van der Waals surface area contributed by atoms with Crippen molar-refractivity contribution >= 4 is 68.0 Å². The largest absolute Gasteiger partial charge is 0.456 e. The number of furan rings is 2. The van der Waals surface area contributed by atoms with Crippen LogP contribution in [0.2, 0.25) is 0 Å². The third kappa shape index (κ3) is 7.04. The fraction of sp³-hybridized carbons (Fsp3) is 0.391. The maximum absolute atomic E-state index is 13.8. The van der Waals surface area contributed by atoms with E-state index in [9.17, 15) is 19.2 Å². The van der Waals surface area contributed by atoms with Crippen molar-refractivity contribution in [2.24, 2.45) is 11.8 Å². The molecule has 2 aliphatic rings. The molecule has 2 fully saturated rings. The smallest absolute Gasteiger partial charge is 0.407 e. The molecule has 2 bridgehead atoms. The Bertz CT molecular complexity index is 2620. The van der Waals surface area contributed by atoms with Crippen LogP contribution in [-0.2, 0) is 19.1 Å². The number of benzene rings is 4. The Morgan fingerprint density at radius 1 is 0.656 bits per heavy atom. The minimum absolute atomic E-state index is 0.125. The van der Waals surface area contributed by atoms with E-state index in [0.29, 0.717) is 24.7 Å². The highest BCUT2D eigenvalue weighted by Gasteiger charge is 2.39. The number of alkyl carbamates (subject to hydrolysis) is 2. The quantitative estimate of drug-likeness (QED) is 0.105. The number of ether oxygens (including phenoxy) is 2. The fourth-order valence-corrected chi connectivity index (χ4v) is 9.30. The van der Waals surface area contributed by atoms with E-state index in [1.165, 1.54) is 14.2 Å². The highest BCUT2D eigenvalue weighted by atomic mass is 16.5. The van der Waals surface area contributed by atoms with Gasteiger partial charge in [-0.1, -0.05) is 52.0 Å². The summed E-state index contributed by atoms with van der Waals surface area (Å²) in [6, 6.07) is 18.7. The van der Waals surface area contributed by atoms with Crippen LogP contribution in [0, 0.1) is 11.8 Å². The number of hydrogen-bond acceptors (Lipinski definition) is 9. The van der Waals surface area contributed by atoms with Gasteiger partial charge in [0.2, 0.25) is 11.8 Å². The van der Waals surface area contributed by atoms with Crippen LogP contribution in [-0.4, -0.2) is 93.1 Å². The van der Waals surface area contributed by atoms with E-state index in [1.54, 1.807) is 0 Å². The highest BCUT2D eigenvalue weighted by Crippen LogP contribution is 2.45. The summed E-state index contributed by atoms with van der Waals surface area (Å²) in [6.45, 7) is 8.77. The predicted molar refractivity (Wildman–Crippen MR) is 231 cm³/mol. The Labute approximate surface area is 351 Å². The van der Waals surface area contributed by atoms with Crippen LogP contribution >= 0.6 is 0 Å². The molecule has 3 aromatic carbocycles.